The van der Waals surface area contributed by atoms with E-state index < -0.39 is 0 Å². The van der Waals surface area contributed by atoms with Gasteiger partial charge in [0.2, 0.25) is 0 Å². The van der Waals surface area contributed by atoms with Crippen LogP contribution in [0.3, 0.4) is 0 Å². The van der Waals surface area contributed by atoms with Gasteiger partial charge in [0.15, 0.2) is 0 Å². The van der Waals surface area contributed by atoms with Gasteiger partial charge in [-0.05, 0) is 30.9 Å². The molecular weight excluding hydrogens is 202 g/mol. The molecular formula is C13H29NS. The first-order chi connectivity index (χ1) is 7.10. The van der Waals surface area contributed by atoms with Crippen molar-refractivity contribution in [3.8, 4) is 0 Å². The maximum absolute atomic E-state index is 3.64. The van der Waals surface area contributed by atoms with Crippen LogP contribution in [-0.4, -0.2) is 23.6 Å². The first-order valence-corrected chi connectivity index (χ1v) is 7.49. The van der Waals surface area contributed by atoms with Gasteiger partial charge in [-0.3, -0.25) is 0 Å². The Morgan fingerprint density at radius 1 is 1.07 bits per heavy atom. The van der Waals surface area contributed by atoms with Gasteiger partial charge < -0.3 is 5.32 Å². The molecule has 0 amide bonds. The van der Waals surface area contributed by atoms with E-state index in [0.29, 0.717) is 0 Å². The number of hydrogen-bond acceptors (Lipinski definition) is 2. The second kappa shape index (κ2) is 9.53. The van der Waals surface area contributed by atoms with Crippen LogP contribution >= 0.6 is 11.8 Å². The highest BCUT2D eigenvalue weighted by atomic mass is 32.2. The van der Waals surface area contributed by atoms with Crippen molar-refractivity contribution in [3.63, 3.8) is 0 Å². The van der Waals surface area contributed by atoms with Crippen molar-refractivity contribution in [2.24, 2.45) is 5.92 Å². The summed E-state index contributed by atoms with van der Waals surface area (Å²) in [5, 5.41) is 4.39. The van der Waals surface area contributed by atoms with Crippen LogP contribution in [0.25, 0.3) is 0 Å². The second-order valence-corrected chi connectivity index (χ2v) is 6.33. The summed E-state index contributed by atoms with van der Waals surface area (Å²) in [6, 6.07) is 0.721. The number of rotatable bonds is 9. The van der Waals surface area contributed by atoms with E-state index in [9.17, 15) is 0 Å². The minimum atomic E-state index is 0.721. The van der Waals surface area contributed by atoms with Gasteiger partial charge >= 0.3 is 0 Å². The molecule has 0 bridgehead atoms. The van der Waals surface area contributed by atoms with Crippen LogP contribution in [-0.2, 0) is 0 Å². The number of hydrogen-bond donors (Lipinski definition) is 1. The second-order valence-electron chi connectivity index (χ2n) is 4.79. The summed E-state index contributed by atoms with van der Waals surface area (Å²) < 4.78 is 0. The Morgan fingerprint density at radius 2 is 1.67 bits per heavy atom. The highest BCUT2D eigenvalue weighted by Gasteiger charge is 2.06. The predicted molar refractivity (Wildman–Crippen MR) is 73.7 cm³/mol. The highest BCUT2D eigenvalue weighted by molar-refractivity contribution is 7.99. The lowest BCUT2D eigenvalue weighted by molar-refractivity contribution is 0.487. The molecule has 0 spiro atoms. The van der Waals surface area contributed by atoms with E-state index in [2.05, 4.69) is 51.7 Å². The molecule has 1 unspecified atom stereocenters. The van der Waals surface area contributed by atoms with Crippen molar-refractivity contribution < 1.29 is 0 Å². The van der Waals surface area contributed by atoms with E-state index in [0.717, 1.165) is 23.8 Å². The smallest absolute Gasteiger partial charge is 0.0144 e. The van der Waals surface area contributed by atoms with Gasteiger partial charge in [0.25, 0.3) is 0 Å². The lowest BCUT2D eigenvalue weighted by Crippen LogP contribution is -2.32. The summed E-state index contributed by atoms with van der Waals surface area (Å²) in [4.78, 5) is 0. The van der Waals surface area contributed by atoms with Crippen molar-refractivity contribution in [2.75, 3.05) is 12.3 Å². The first kappa shape index (κ1) is 15.3. The molecule has 1 atom stereocenters. The van der Waals surface area contributed by atoms with Crippen LogP contribution in [0.15, 0.2) is 0 Å². The van der Waals surface area contributed by atoms with Gasteiger partial charge in [0.05, 0.1) is 0 Å². The summed E-state index contributed by atoms with van der Waals surface area (Å²) in [6.07, 6.45) is 3.85. The Balaban J connectivity index is 3.43. The fourth-order valence-corrected chi connectivity index (χ4v) is 2.70. The van der Waals surface area contributed by atoms with Crippen molar-refractivity contribution in [1.82, 2.24) is 5.32 Å². The number of nitrogens with one attached hydrogen (secondary N) is 1. The van der Waals surface area contributed by atoms with Crippen molar-refractivity contribution in [1.29, 1.82) is 0 Å². The van der Waals surface area contributed by atoms with Crippen LogP contribution in [0.2, 0.25) is 0 Å². The molecule has 2 heteroatoms. The molecule has 92 valence electrons. The minimum Gasteiger partial charge on any atom is -0.313 e. The normalized spacial score (nSPS) is 13.8. The Morgan fingerprint density at radius 3 is 2.13 bits per heavy atom. The molecule has 0 aromatic rings. The van der Waals surface area contributed by atoms with Gasteiger partial charge in [-0.15, -0.1) is 0 Å². The predicted octanol–water partition coefficient (Wildman–Crippen LogP) is 3.93. The Bertz CT molecular complexity index is 132. The molecule has 0 aromatic carbocycles. The molecule has 1 N–H and O–H groups in total. The van der Waals surface area contributed by atoms with Gasteiger partial charge in [-0.1, -0.05) is 34.6 Å². The lowest BCUT2D eigenvalue weighted by Gasteiger charge is -2.18. The average molecular weight is 231 g/mol. The third-order valence-corrected chi connectivity index (χ3v) is 3.98. The average Bonchev–Trinajstić information content (AvgIpc) is 2.18. The molecule has 0 rings (SSSR count). The summed E-state index contributed by atoms with van der Waals surface area (Å²) in [7, 11) is 0. The zero-order valence-electron chi connectivity index (χ0n) is 11.2. The highest BCUT2D eigenvalue weighted by Crippen LogP contribution is 2.14. The fourth-order valence-electron chi connectivity index (χ4n) is 1.47. The van der Waals surface area contributed by atoms with Crippen LogP contribution in [0.5, 0.6) is 0 Å². The molecule has 0 aliphatic heterocycles. The Hall–Kier alpha value is 0.310. The van der Waals surface area contributed by atoms with Crippen LogP contribution in [0, 0.1) is 5.92 Å². The number of thioether (sulfide) groups is 1. The van der Waals surface area contributed by atoms with Crippen molar-refractivity contribution in [2.45, 2.75) is 65.2 Å². The van der Waals surface area contributed by atoms with Gasteiger partial charge in [-0.2, -0.15) is 11.8 Å². The van der Waals surface area contributed by atoms with Gasteiger partial charge in [0.1, 0.15) is 0 Å². The monoisotopic (exact) mass is 231 g/mol. The Labute approximate surface area is 101 Å². The molecule has 0 heterocycles. The molecule has 0 saturated heterocycles. The fraction of sp³-hybridized carbons (Fsp3) is 1.00. The van der Waals surface area contributed by atoms with Crippen LogP contribution < -0.4 is 5.32 Å². The van der Waals surface area contributed by atoms with E-state index >= 15 is 0 Å². The minimum absolute atomic E-state index is 0.721. The van der Waals surface area contributed by atoms with Crippen molar-refractivity contribution >= 4 is 11.8 Å². The van der Waals surface area contributed by atoms with Crippen LogP contribution in [0.4, 0.5) is 0 Å². The van der Waals surface area contributed by atoms with E-state index in [1.807, 2.05) is 0 Å². The first-order valence-electron chi connectivity index (χ1n) is 6.45. The van der Waals surface area contributed by atoms with Crippen molar-refractivity contribution in [3.05, 3.63) is 0 Å². The largest absolute Gasteiger partial charge is 0.313 e. The molecule has 0 radical (unpaired) electrons. The topological polar surface area (TPSA) is 12.0 Å². The SMILES string of the molecule is CCC(CC)NCC(C)SCCC(C)C. The molecule has 0 aliphatic rings. The van der Waals surface area contributed by atoms with Crippen LogP contribution in [0.1, 0.15) is 53.9 Å². The van der Waals surface area contributed by atoms with E-state index in [1.165, 1.54) is 25.0 Å². The third kappa shape index (κ3) is 9.25. The summed E-state index contributed by atoms with van der Waals surface area (Å²) in [6.45, 7) is 12.6. The van der Waals surface area contributed by atoms with Gasteiger partial charge in [0, 0.05) is 17.8 Å². The standard InChI is InChI=1S/C13H29NS/c1-6-13(7-2)14-10-12(5)15-9-8-11(3)4/h11-14H,6-10H2,1-5H3. The van der Waals surface area contributed by atoms with E-state index in [4.69, 9.17) is 0 Å². The Kier molecular flexibility index (Phi) is 9.73. The lowest BCUT2D eigenvalue weighted by atomic mass is 10.2. The van der Waals surface area contributed by atoms with E-state index in [1.54, 1.807) is 0 Å². The summed E-state index contributed by atoms with van der Waals surface area (Å²) >= 11 is 2.11. The molecule has 0 aromatic heterocycles. The van der Waals surface area contributed by atoms with E-state index in [-0.39, 0.29) is 0 Å². The quantitative estimate of drug-likeness (QED) is 0.645. The molecule has 0 saturated carbocycles. The van der Waals surface area contributed by atoms with Gasteiger partial charge in [-0.25, -0.2) is 0 Å². The molecule has 15 heavy (non-hydrogen) atoms. The molecule has 1 nitrogen and oxygen atoms in total. The molecule has 0 aliphatic carbocycles. The summed E-state index contributed by atoms with van der Waals surface area (Å²) in [5.41, 5.74) is 0. The maximum atomic E-state index is 3.64. The summed E-state index contributed by atoms with van der Waals surface area (Å²) in [5.74, 6) is 2.15. The molecule has 0 fully saturated rings. The maximum Gasteiger partial charge on any atom is 0.0144 e. The third-order valence-electron chi connectivity index (χ3n) is 2.78. The zero-order chi connectivity index (χ0) is 11.7. The zero-order valence-corrected chi connectivity index (χ0v) is 12.0.